The molecule has 2 aromatic heterocycles. The number of nitrogens with one attached hydrogen (secondary N) is 1. The Kier molecular flexibility index (Phi) is 6.45. The van der Waals surface area contributed by atoms with Gasteiger partial charge in [0.15, 0.2) is 10.8 Å². The van der Waals surface area contributed by atoms with Crippen molar-refractivity contribution >= 4 is 75.3 Å². The van der Waals surface area contributed by atoms with E-state index in [4.69, 9.17) is 5.73 Å². The van der Waals surface area contributed by atoms with Crippen molar-refractivity contribution in [1.82, 2.24) is 30.2 Å². The maximum absolute atomic E-state index is 12.8. The number of nitrogen functional groups attached to an aromatic ring is 1. The molecule has 1 saturated heterocycles. The Morgan fingerprint density at radius 2 is 2.28 bits per heavy atom. The van der Waals surface area contributed by atoms with Gasteiger partial charge >= 0.3 is 0 Å². The minimum atomic E-state index is -0.892. The summed E-state index contributed by atoms with van der Waals surface area (Å²) in [5.74, 6) is -0.319. The first-order chi connectivity index (χ1) is 15.3. The molecular formula is C16H16N8O4S4. The van der Waals surface area contributed by atoms with Gasteiger partial charge in [-0.25, -0.2) is 4.98 Å². The summed E-state index contributed by atoms with van der Waals surface area (Å²) in [6.45, 7) is 0. The van der Waals surface area contributed by atoms with Crippen LogP contribution in [-0.4, -0.2) is 75.6 Å². The molecule has 168 valence electrons. The summed E-state index contributed by atoms with van der Waals surface area (Å²) in [4.78, 5) is 44.3. The molecule has 0 aromatic carbocycles. The molecule has 2 aliphatic rings. The summed E-state index contributed by atoms with van der Waals surface area (Å²) in [6.07, 6.45) is 1.61. The van der Waals surface area contributed by atoms with Gasteiger partial charge in [0.2, 0.25) is 5.12 Å². The van der Waals surface area contributed by atoms with Crippen molar-refractivity contribution in [1.29, 1.82) is 0 Å². The van der Waals surface area contributed by atoms with E-state index in [9.17, 15) is 19.6 Å². The SMILES string of the molecule is Cn1ncc(SCC2=C(C(=O)S)N3C(=O)[C@@H](NC(=O)/C(=N/O)c4csc(N)n4)[C@H]3SC2)n1. The van der Waals surface area contributed by atoms with E-state index in [0.717, 1.165) is 16.9 Å². The molecule has 0 bridgehead atoms. The van der Waals surface area contributed by atoms with Crippen molar-refractivity contribution in [2.24, 2.45) is 12.2 Å². The Balaban J connectivity index is 1.48. The van der Waals surface area contributed by atoms with Crippen LogP contribution in [0.25, 0.3) is 0 Å². The zero-order chi connectivity index (χ0) is 23.0. The molecular weight excluding hydrogens is 496 g/mol. The van der Waals surface area contributed by atoms with Gasteiger partial charge in [-0.15, -0.1) is 28.2 Å². The van der Waals surface area contributed by atoms with Gasteiger partial charge < -0.3 is 16.3 Å². The Labute approximate surface area is 199 Å². The number of fused-ring (bicyclic) bond motifs is 1. The number of amides is 2. The van der Waals surface area contributed by atoms with Gasteiger partial charge in [0.1, 0.15) is 27.8 Å². The van der Waals surface area contributed by atoms with Crippen LogP contribution in [0.4, 0.5) is 5.13 Å². The number of aryl methyl sites for hydroxylation is 1. The predicted octanol–water partition coefficient (Wildman–Crippen LogP) is -0.0652. The van der Waals surface area contributed by atoms with Gasteiger partial charge in [-0.1, -0.05) is 29.5 Å². The van der Waals surface area contributed by atoms with Crippen molar-refractivity contribution in [2.75, 3.05) is 17.2 Å². The largest absolute Gasteiger partial charge is 0.410 e. The highest BCUT2D eigenvalue weighted by atomic mass is 32.2. The Morgan fingerprint density at radius 3 is 2.88 bits per heavy atom. The smallest absolute Gasteiger partial charge is 0.276 e. The number of anilines is 1. The van der Waals surface area contributed by atoms with Crippen molar-refractivity contribution in [2.45, 2.75) is 16.4 Å². The van der Waals surface area contributed by atoms with E-state index in [2.05, 4.69) is 38.3 Å². The third-order valence-corrected chi connectivity index (χ3v) is 7.79. The molecule has 4 N–H and O–H groups in total. The number of β-lactam (4-membered cyclic amide) rings is 1. The first-order valence-corrected chi connectivity index (χ1v) is 12.3. The number of thiazole rings is 1. The minimum absolute atomic E-state index is 0.0990. The zero-order valence-corrected chi connectivity index (χ0v) is 19.7. The predicted molar refractivity (Wildman–Crippen MR) is 123 cm³/mol. The molecule has 16 heteroatoms. The Morgan fingerprint density at radius 1 is 1.50 bits per heavy atom. The standard InChI is InChI=1S/C16H16N8O4S4/c1-23-18-2-8(21-23)30-3-6-4-31-14-10(13(26)24(14)11(6)15(27)29)20-12(25)9(22-28)7-5-32-16(17)19-7/h2,5,10,14,28H,3-4H2,1H3,(H2,17,19)(H,20,25)(H,27,29)/b22-9+/t10-,14-/m1/s1. The van der Waals surface area contributed by atoms with E-state index in [0.29, 0.717) is 16.5 Å². The van der Waals surface area contributed by atoms with Gasteiger partial charge in [-0.2, -0.15) is 9.90 Å². The molecule has 4 heterocycles. The van der Waals surface area contributed by atoms with Gasteiger partial charge in [0.05, 0.1) is 6.20 Å². The fourth-order valence-electron chi connectivity index (χ4n) is 3.17. The van der Waals surface area contributed by atoms with Crippen LogP contribution >= 0.6 is 47.5 Å². The second kappa shape index (κ2) is 9.13. The van der Waals surface area contributed by atoms with Crippen molar-refractivity contribution in [3.8, 4) is 0 Å². The summed E-state index contributed by atoms with van der Waals surface area (Å²) in [5, 5.41) is 24.3. The fourth-order valence-corrected chi connectivity index (χ4v) is 6.31. The molecule has 0 saturated carbocycles. The van der Waals surface area contributed by atoms with Crippen LogP contribution < -0.4 is 11.1 Å². The molecule has 1 fully saturated rings. The summed E-state index contributed by atoms with van der Waals surface area (Å²) in [7, 11) is 1.70. The van der Waals surface area contributed by atoms with E-state index in [-0.39, 0.29) is 22.2 Å². The first-order valence-electron chi connectivity index (χ1n) is 8.93. The van der Waals surface area contributed by atoms with E-state index >= 15 is 0 Å². The van der Waals surface area contributed by atoms with Gasteiger partial charge in [0, 0.05) is 23.9 Å². The molecule has 12 nitrogen and oxygen atoms in total. The minimum Gasteiger partial charge on any atom is -0.410 e. The summed E-state index contributed by atoms with van der Waals surface area (Å²) in [5.41, 5.74) is 6.26. The summed E-state index contributed by atoms with van der Waals surface area (Å²) < 4.78 is 0. The summed E-state index contributed by atoms with van der Waals surface area (Å²) >= 11 is 7.85. The van der Waals surface area contributed by atoms with E-state index in [1.165, 1.54) is 38.6 Å². The number of thioether (sulfide) groups is 2. The molecule has 0 spiro atoms. The topological polar surface area (TPSA) is 169 Å². The second-order valence-corrected chi connectivity index (χ2v) is 10.00. The molecule has 2 aromatic rings. The maximum atomic E-state index is 12.8. The maximum Gasteiger partial charge on any atom is 0.276 e. The molecule has 2 aliphatic heterocycles. The normalized spacial score (nSPS) is 20.8. The highest BCUT2D eigenvalue weighted by Crippen LogP contribution is 2.42. The third kappa shape index (κ3) is 4.22. The number of hydrogen-bond acceptors (Lipinski definition) is 12. The lowest BCUT2D eigenvalue weighted by Crippen LogP contribution is -2.71. The van der Waals surface area contributed by atoms with Gasteiger partial charge in [-0.05, 0) is 5.57 Å². The average molecular weight is 513 g/mol. The molecule has 4 rings (SSSR count). The molecule has 32 heavy (non-hydrogen) atoms. The van der Waals surface area contributed by atoms with E-state index in [1.807, 2.05) is 0 Å². The lowest BCUT2D eigenvalue weighted by atomic mass is 10.0. The molecule has 2 amide bonds. The van der Waals surface area contributed by atoms with Crippen molar-refractivity contribution in [3.05, 3.63) is 28.5 Å². The first kappa shape index (κ1) is 22.6. The molecule has 2 atom stereocenters. The number of hydrogen-bond donors (Lipinski definition) is 4. The van der Waals surface area contributed by atoms with Crippen LogP contribution in [0.5, 0.6) is 0 Å². The van der Waals surface area contributed by atoms with Crippen LogP contribution in [0.3, 0.4) is 0 Å². The number of carbonyl (C=O) groups excluding carboxylic acids is 3. The van der Waals surface area contributed by atoms with E-state index in [1.54, 1.807) is 13.2 Å². The number of nitrogens with two attached hydrogens (primary N) is 1. The second-order valence-electron chi connectivity index (χ2n) is 6.60. The Hall–Kier alpha value is -2.56. The van der Waals surface area contributed by atoms with Crippen molar-refractivity contribution < 1.29 is 19.6 Å². The zero-order valence-electron chi connectivity index (χ0n) is 16.3. The highest BCUT2D eigenvalue weighted by Gasteiger charge is 2.53. The lowest BCUT2D eigenvalue weighted by molar-refractivity contribution is -0.146. The fraction of sp³-hybridized carbons (Fsp3) is 0.312. The number of thiol groups is 1. The van der Waals surface area contributed by atoms with Crippen molar-refractivity contribution in [3.63, 3.8) is 0 Å². The van der Waals surface area contributed by atoms with Crippen LogP contribution in [-0.2, 0) is 21.4 Å². The van der Waals surface area contributed by atoms with Gasteiger partial charge in [0.25, 0.3) is 11.8 Å². The lowest BCUT2D eigenvalue weighted by Gasteiger charge is -2.49. The molecule has 0 radical (unpaired) electrons. The summed E-state index contributed by atoms with van der Waals surface area (Å²) in [6, 6.07) is -0.892. The number of nitrogens with zero attached hydrogens (tertiary/aromatic N) is 6. The third-order valence-electron chi connectivity index (χ3n) is 4.59. The molecule has 0 aliphatic carbocycles. The quantitative estimate of drug-likeness (QED) is 0.0984. The number of oxime groups is 1. The van der Waals surface area contributed by atoms with Crippen LogP contribution in [0, 0.1) is 0 Å². The Bertz CT molecular complexity index is 1160. The average Bonchev–Trinajstić information content (AvgIpc) is 3.38. The molecule has 0 unspecified atom stereocenters. The number of carbonyl (C=O) groups is 3. The highest BCUT2D eigenvalue weighted by molar-refractivity contribution is 8.01. The monoisotopic (exact) mass is 512 g/mol. The number of aromatic nitrogens is 4. The number of rotatable bonds is 7. The van der Waals surface area contributed by atoms with Crippen LogP contribution in [0.15, 0.2) is 33.0 Å². The van der Waals surface area contributed by atoms with Gasteiger partial charge in [-0.3, -0.25) is 19.3 Å². The van der Waals surface area contributed by atoms with Crippen LogP contribution in [0.1, 0.15) is 5.69 Å². The van der Waals surface area contributed by atoms with Crippen LogP contribution in [0.2, 0.25) is 0 Å². The van der Waals surface area contributed by atoms with E-state index < -0.39 is 28.3 Å².